The molecule has 5 heteroatoms. The van der Waals surface area contributed by atoms with Gasteiger partial charge in [0.15, 0.2) is 0 Å². The Kier molecular flexibility index (Phi) is 3.17. The summed E-state index contributed by atoms with van der Waals surface area (Å²) >= 11 is 0. The second-order valence-electron chi connectivity index (χ2n) is 2.62. The number of benzene rings is 1. The zero-order chi connectivity index (χ0) is 10.6. The van der Waals surface area contributed by atoms with E-state index in [-0.39, 0.29) is 5.56 Å². The molecule has 0 aliphatic rings. The monoisotopic (exact) mass is 194 g/mol. The molecule has 0 saturated heterocycles. The van der Waals surface area contributed by atoms with Crippen LogP contribution in [-0.4, -0.2) is 17.6 Å². The van der Waals surface area contributed by atoms with Crippen LogP contribution in [0.5, 0.6) is 0 Å². The average molecular weight is 194 g/mol. The van der Waals surface area contributed by atoms with Crippen molar-refractivity contribution >= 4 is 11.7 Å². The van der Waals surface area contributed by atoms with Crippen molar-refractivity contribution < 1.29 is 9.90 Å². The number of para-hydroxylation sites is 1. The third-order valence-corrected chi connectivity index (χ3v) is 1.81. The van der Waals surface area contributed by atoms with Gasteiger partial charge in [-0.05, 0) is 19.1 Å². The van der Waals surface area contributed by atoms with Crippen molar-refractivity contribution in [3.05, 3.63) is 34.7 Å². The van der Waals surface area contributed by atoms with Crippen LogP contribution < -0.4 is 5.01 Å². The minimum atomic E-state index is -1.07. The van der Waals surface area contributed by atoms with Crippen LogP contribution in [0.1, 0.15) is 17.3 Å². The molecule has 1 aromatic rings. The highest BCUT2D eigenvalue weighted by Gasteiger charge is 2.14. The molecule has 0 aromatic heterocycles. The zero-order valence-electron chi connectivity index (χ0n) is 7.67. The van der Waals surface area contributed by atoms with Crippen molar-refractivity contribution in [2.24, 2.45) is 5.29 Å². The number of hydrogen-bond donors (Lipinski definition) is 1. The molecule has 14 heavy (non-hydrogen) atoms. The van der Waals surface area contributed by atoms with Gasteiger partial charge in [-0.3, -0.25) is 0 Å². The van der Waals surface area contributed by atoms with Gasteiger partial charge in [-0.1, -0.05) is 12.1 Å². The fourth-order valence-corrected chi connectivity index (χ4v) is 1.15. The lowest BCUT2D eigenvalue weighted by atomic mass is 10.2. The molecule has 0 spiro atoms. The Morgan fingerprint density at radius 1 is 1.50 bits per heavy atom. The number of aromatic carboxylic acids is 1. The lowest BCUT2D eigenvalue weighted by Crippen LogP contribution is -2.17. The quantitative estimate of drug-likeness (QED) is 0.587. The first kappa shape index (κ1) is 10.2. The van der Waals surface area contributed by atoms with E-state index in [4.69, 9.17) is 5.11 Å². The van der Waals surface area contributed by atoms with E-state index in [0.717, 1.165) is 5.01 Å². The van der Waals surface area contributed by atoms with Crippen LogP contribution in [0.4, 0.5) is 5.69 Å². The standard InChI is InChI=1S/C9H10N2O3/c1-2-11(10-14)8-6-4-3-5-7(8)9(12)13/h3-6H,2H2,1H3,(H,12,13). The molecule has 0 heterocycles. The number of hydrogen-bond acceptors (Lipinski definition) is 3. The summed E-state index contributed by atoms with van der Waals surface area (Å²) in [6.07, 6.45) is 0. The van der Waals surface area contributed by atoms with Gasteiger partial charge in [0.05, 0.1) is 16.5 Å². The highest BCUT2D eigenvalue weighted by molar-refractivity contribution is 5.94. The van der Waals surface area contributed by atoms with Crippen LogP contribution in [0.25, 0.3) is 0 Å². The zero-order valence-corrected chi connectivity index (χ0v) is 7.67. The Labute approximate surface area is 80.9 Å². The second kappa shape index (κ2) is 4.36. The van der Waals surface area contributed by atoms with E-state index in [0.29, 0.717) is 12.2 Å². The van der Waals surface area contributed by atoms with E-state index < -0.39 is 5.97 Å². The number of carboxylic acid groups (broad SMARTS) is 1. The summed E-state index contributed by atoms with van der Waals surface area (Å²) in [7, 11) is 0. The Balaban J connectivity index is 3.18. The third-order valence-electron chi connectivity index (χ3n) is 1.81. The molecule has 0 atom stereocenters. The van der Waals surface area contributed by atoms with Crippen LogP contribution in [0, 0.1) is 4.91 Å². The van der Waals surface area contributed by atoms with Gasteiger partial charge in [0.25, 0.3) is 0 Å². The fourth-order valence-electron chi connectivity index (χ4n) is 1.15. The highest BCUT2D eigenvalue weighted by atomic mass is 16.4. The van der Waals surface area contributed by atoms with Crippen LogP contribution in [0.2, 0.25) is 0 Å². The average Bonchev–Trinajstić information content (AvgIpc) is 2.20. The molecule has 0 aliphatic carbocycles. The summed E-state index contributed by atoms with van der Waals surface area (Å²) in [5, 5.41) is 12.7. The summed E-state index contributed by atoms with van der Waals surface area (Å²) < 4.78 is 0. The van der Waals surface area contributed by atoms with Crippen molar-refractivity contribution in [3.63, 3.8) is 0 Å². The largest absolute Gasteiger partial charge is 0.478 e. The van der Waals surface area contributed by atoms with E-state index in [9.17, 15) is 9.70 Å². The van der Waals surface area contributed by atoms with Gasteiger partial charge in [-0.25, -0.2) is 9.80 Å². The SMILES string of the molecule is CCN(N=O)c1ccccc1C(=O)O. The first-order chi connectivity index (χ1) is 6.70. The van der Waals surface area contributed by atoms with Gasteiger partial charge in [-0.2, -0.15) is 0 Å². The molecular weight excluding hydrogens is 184 g/mol. The minimum Gasteiger partial charge on any atom is -0.478 e. The number of carboxylic acids is 1. The van der Waals surface area contributed by atoms with Gasteiger partial charge < -0.3 is 5.11 Å². The molecule has 1 N–H and O–H groups in total. The number of rotatable bonds is 4. The van der Waals surface area contributed by atoms with Crippen LogP contribution in [-0.2, 0) is 0 Å². The van der Waals surface area contributed by atoms with Crippen molar-refractivity contribution in [2.45, 2.75) is 6.92 Å². The van der Waals surface area contributed by atoms with Crippen molar-refractivity contribution in [2.75, 3.05) is 11.6 Å². The van der Waals surface area contributed by atoms with E-state index in [2.05, 4.69) is 5.29 Å². The van der Waals surface area contributed by atoms with E-state index in [1.165, 1.54) is 6.07 Å². The number of anilines is 1. The number of carbonyl (C=O) groups is 1. The molecule has 1 aromatic carbocycles. The van der Waals surface area contributed by atoms with Crippen LogP contribution in [0.3, 0.4) is 0 Å². The number of nitroso groups, excluding NO2 is 1. The molecule has 1 rings (SSSR count). The van der Waals surface area contributed by atoms with E-state index in [1.54, 1.807) is 25.1 Å². The molecule has 0 bridgehead atoms. The molecule has 5 nitrogen and oxygen atoms in total. The highest BCUT2D eigenvalue weighted by Crippen LogP contribution is 2.20. The molecule has 74 valence electrons. The van der Waals surface area contributed by atoms with Crippen LogP contribution in [0.15, 0.2) is 29.6 Å². The second-order valence-corrected chi connectivity index (χ2v) is 2.62. The fraction of sp³-hybridized carbons (Fsp3) is 0.222. The first-order valence-electron chi connectivity index (χ1n) is 4.13. The maximum atomic E-state index is 10.8. The van der Waals surface area contributed by atoms with Gasteiger partial charge >= 0.3 is 5.97 Å². The van der Waals surface area contributed by atoms with Gasteiger partial charge in [0.1, 0.15) is 0 Å². The predicted molar refractivity (Wildman–Crippen MR) is 52.2 cm³/mol. The topological polar surface area (TPSA) is 70.0 Å². The lowest BCUT2D eigenvalue weighted by Gasteiger charge is -2.14. The van der Waals surface area contributed by atoms with Crippen molar-refractivity contribution in [1.82, 2.24) is 0 Å². The Bertz CT molecular complexity index is 352. The molecule has 0 unspecified atom stereocenters. The Morgan fingerprint density at radius 2 is 2.14 bits per heavy atom. The summed E-state index contributed by atoms with van der Waals surface area (Å²) in [4.78, 5) is 21.2. The lowest BCUT2D eigenvalue weighted by molar-refractivity contribution is 0.0697. The normalized spacial score (nSPS) is 9.50. The summed E-state index contributed by atoms with van der Waals surface area (Å²) in [6.45, 7) is 2.06. The van der Waals surface area contributed by atoms with Gasteiger partial charge in [0.2, 0.25) is 0 Å². The smallest absolute Gasteiger partial charge is 0.337 e. The Morgan fingerprint density at radius 3 is 2.64 bits per heavy atom. The van der Waals surface area contributed by atoms with E-state index in [1.807, 2.05) is 0 Å². The summed E-state index contributed by atoms with van der Waals surface area (Å²) in [5.74, 6) is -1.07. The molecule has 0 saturated carbocycles. The third kappa shape index (κ3) is 1.87. The maximum Gasteiger partial charge on any atom is 0.337 e. The van der Waals surface area contributed by atoms with Crippen molar-refractivity contribution in [3.8, 4) is 0 Å². The van der Waals surface area contributed by atoms with Crippen LogP contribution >= 0.6 is 0 Å². The summed E-state index contributed by atoms with van der Waals surface area (Å²) in [5.41, 5.74) is 0.395. The molecule has 0 radical (unpaired) electrons. The Hall–Kier alpha value is -1.91. The molecule has 0 fully saturated rings. The molecular formula is C9H10N2O3. The number of nitrogens with zero attached hydrogens (tertiary/aromatic N) is 2. The van der Waals surface area contributed by atoms with E-state index >= 15 is 0 Å². The maximum absolute atomic E-state index is 10.8. The van der Waals surface area contributed by atoms with Gasteiger partial charge in [0, 0.05) is 6.54 Å². The molecule has 0 aliphatic heterocycles. The first-order valence-corrected chi connectivity index (χ1v) is 4.13. The van der Waals surface area contributed by atoms with Crippen molar-refractivity contribution in [1.29, 1.82) is 0 Å². The van der Waals surface area contributed by atoms with Gasteiger partial charge in [-0.15, -0.1) is 4.91 Å². The molecule has 0 amide bonds. The minimum absolute atomic E-state index is 0.0777. The predicted octanol–water partition coefficient (Wildman–Crippen LogP) is 1.89. The summed E-state index contributed by atoms with van der Waals surface area (Å²) in [6, 6.07) is 6.25.